The first-order valence-electron chi connectivity index (χ1n) is 8.05. The summed E-state index contributed by atoms with van der Waals surface area (Å²) in [4.78, 5) is 11.5. The molecule has 2 fully saturated rings. The average molecular weight is 288 g/mol. The molecule has 2 aliphatic heterocycles. The van der Waals surface area contributed by atoms with Gasteiger partial charge in [-0.3, -0.25) is 9.28 Å². The highest BCUT2D eigenvalue weighted by atomic mass is 16.1. The molecule has 0 aliphatic carbocycles. The van der Waals surface area contributed by atoms with Gasteiger partial charge in [0.2, 0.25) is 5.91 Å². The monoisotopic (exact) mass is 288 g/mol. The van der Waals surface area contributed by atoms with Crippen molar-refractivity contribution in [3.63, 3.8) is 0 Å². The molecule has 2 saturated heterocycles. The molecule has 0 spiro atoms. The van der Waals surface area contributed by atoms with E-state index in [1.165, 1.54) is 31.5 Å². The number of amides is 1. The van der Waals surface area contributed by atoms with Gasteiger partial charge in [0.1, 0.15) is 11.7 Å². The van der Waals surface area contributed by atoms with Crippen molar-refractivity contribution >= 4 is 11.6 Å². The van der Waals surface area contributed by atoms with E-state index >= 15 is 0 Å². The van der Waals surface area contributed by atoms with E-state index in [9.17, 15) is 4.79 Å². The third kappa shape index (κ3) is 2.27. The number of hydrogen-bond acceptors (Lipinski definition) is 2. The van der Waals surface area contributed by atoms with Crippen molar-refractivity contribution in [2.75, 3.05) is 19.6 Å². The molecule has 4 nitrogen and oxygen atoms in total. The molecule has 2 aliphatic rings. The second kappa shape index (κ2) is 5.43. The van der Waals surface area contributed by atoms with Gasteiger partial charge in [-0.05, 0) is 31.5 Å². The van der Waals surface area contributed by atoms with Crippen molar-refractivity contribution < 1.29 is 4.79 Å². The highest BCUT2D eigenvalue weighted by Crippen LogP contribution is 2.39. The Bertz CT molecular complexity index is 551. The second-order valence-corrected chi connectivity index (χ2v) is 6.66. The Morgan fingerprint density at radius 1 is 1.38 bits per heavy atom. The molecule has 2 heterocycles. The fraction of sp³-hybridized carbons (Fsp3) is 0.588. The summed E-state index contributed by atoms with van der Waals surface area (Å²) in [7, 11) is 0. The summed E-state index contributed by atoms with van der Waals surface area (Å²) in [6.45, 7) is 7.80. The normalized spacial score (nSPS) is 32.5. The maximum atomic E-state index is 11.5. The topological polar surface area (TPSA) is 55.1 Å². The fourth-order valence-corrected chi connectivity index (χ4v) is 4.45. The zero-order valence-electron chi connectivity index (χ0n) is 13.1. The molecule has 0 bridgehead atoms. The van der Waals surface area contributed by atoms with Gasteiger partial charge in [-0.15, -0.1) is 0 Å². The van der Waals surface area contributed by atoms with Crippen LogP contribution in [0.5, 0.6) is 0 Å². The third-order valence-electron chi connectivity index (χ3n) is 5.58. The van der Waals surface area contributed by atoms with E-state index in [4.69, 9.17) is 5.73 Å². The molecular formula is C17H26N3O+. The third-order valence-corrected chi connectivity index (χ3v) is 5.58. The molecule has 0 aromatic heterocycles. The molecule has 0 radical (unpaired) electrons. The Labute approximate surface area is 126 Å². The summed E-state index contributed by atoms with van der Waals surface area (Å²) >= 11 is 0. The number of quaternary nitrogens is 1. The van der Waals surface area contributed by atoms with Gasteiger partial charge in [0.25, 0.3) is 0 Å². The number of primary amides is 1. The van der Waals surface area contributed by atoms with Crippen LogP contribution in [0.4, 0.5) is 5.69 Å². The minimum atomic E-state index is -0.331. The minimum absolute atomic E-state index is 0.331. The molecular weight excluding hydrogens is 262 g/mol. The van der Waals surface area contributed by atoms with Crippen molar-refractivity contribution in [2.24, 2.45) is 5.73 Å². The van der Waals surface area contributed by atoms with Crippen LogP contribution in [-0.2, 0) is 0 Å². The maximum absolute atomic E-state index is 11.5. The van der Waals surface area contributed by atoms with Crippen molar-refractivity contribution in [3.8, 4) is 0 Å². The predicted molar refractivity (Wildman–Crippen MR) is 86.3 cm³/mol. The summed E-state index contributed by atoms with van der Waals surface area (Å²) in [5.74, 6) is -0.331. The number of aryl methyl sites for hydroxylation is 1. The summed E-state index contributed by atoms with van der Waals surface area (Å²) < 4.78 is 1.08. The van der Waals surface area contributed by atoms with Gasteiger partial charge in [0.15, 0.2) is 0 Å². The molecule has 1 aromatic rings. The Balaban J connectivity index is 2.05. The first-order chi connectivity index (χ1) is 10.1. The van der Waals surface area contributed by atoms with Gasteiger partial charge in [-0.1, -0.05) is 0 Å². The zero-order valence-corrected chi connectivity index (χ0v) is 13.1. The number of rotatable bonds is 3. The summed E-state index contributed by atoms with van der Waals surface area (Å²) in [6, 6.07) is 7.54. The van der Waals surface area contributed by atoms with Crippen molar-refractivity contribution in [2.45, 2.75) is 45.2 Å². The average Bonchev–Trinajstić information content (AvgIpc) is 3.07. The zero-order chi connectivity index (χ0) is 15.0. The van der Waals surface area contributed by atoms with E-state index in [2.05, 4.69) is 24.4 Å². The van der Waals surface area contributed by atoms with Crippen molar-refractivity contribution in [3.05, 3.63) is 29.3 Å². The summed E-state index contributed by atoms with van der Waals surface area (Å²) in [5, 5.41) is 3.52. The Hall–Kier alpha value is -1.39. The first-order valence-corrected chi connectivity index (χ1v) is 8.05. The van der Waals surface area contributed by atoms with Gasteiger partial charge < -0.3 is 11.1 Å². The molecule has 1 amide bonds. The standard InChI is InChI=1S/C17H25N3O/c1-12-10-14(5-6-16(12)17(18)21)20(9-3-4-13(20)2)15-7-8-19-11-15/h5-6,10,13,15,19H,3-4,7-9,11H2,1-2H3,(H-,18,21)/p+1/t13-,15-,20?/m0/s1. The van der Waals surface area contributed by atoms with Crippen LogP contribution < -0.4 is 15.5 Å². The van der Waals surface area contributed by atoms with Crippen LogP contribution in [0.2, 0.25) is 0 Å². The van der Waals surface area contributed by atoms with E-state index in [-0.39, 0.29) is 5.91 Å². The van der Waals surface area contributed by atoms with Crippen molar-refractivity contribution in [1.82, 2.24) is 9.80 Å². The second-order valence-electron chi connectivity index (χ2n) is 6.66. The molecule has 3 N–H and O–H groups in total. The molecule has 0 saturated carbocycles. The largest absolute Gasteiger partial charge is 0.366 e. The Morgan fingerprint density at radius 3 is 2.71 bits per heavy atom. The number of nitrogens with zero attached hydrogens (tertiary/aromatic N) is 1. The van der Waals surface area contributed by atoms with Gasteiger partial charge >= 0.3 is 0 Å². The van der Waals surface area contributed by atoms with Crippen LogP contribution in [0.15, 0.2) is 18.2 Å². The van der Waals surface area contributed by atoms with Crippen LogP contribution in [0.1, 0.15) is 42.1 Å². The lowest BCUT2D eigenvalue weighted by molar-refractivity contribution is 0.0999. The molecule has 1 unspecified atom stereocenters. The van der Waals surface area contributed by atoms with Crippen LogP contribution in [0.25, 0.3) is 0 Å². The van der Waals surface area contributed by atoms with Gasteiger partial charge in [0.05, 0.1) is 12.6 Å². The molecule has 1 aromatic carbocycles. The molecule has 3 rings (SSSR count). The van der Waals surface area contributed by atoms with Crippen LogP contribution in [0.3, 0.4) is 0 Å². The summed E-state index contributed by atoms with van der Waals surface area (Å²) in [5.41, 5.74) is 8.45. The lowest BCUT2D eigenvalue weighted by Crippen LogP contribution is -2.59. The van der Waals surface area contributed by atoms with E-state index in [1.807, 2.05) is 13.0 Å². The SMILES string of the molecule is Cc1cc([N+]2([C@H]3CCNC3)CCC[C@@H]2C)ccc1C(N)=O. The quantitative estimate of drug-likeness (QED) is 0.835. The lowest BCUT2D eigenvalue weighted by atomic mass is 10.0. The highest BCUT2D eigenvalue weighted by molar-refractivity contribution is 5.94. The van der Waals surface area contributed by atoms with Gasteiger partial charge in [0, 0.05) is 44.0 Å². The number of hydrogen-bond donors (Lipinski definition) is 2. The Morgan fingerprint density at radius 2 is 2.19 bits per heavy atom. The van der Waals surface area contributed by atoms with E-state index in [0.717, 1.165) is 23.1 Å². The van der Waals surface area contributed by atoms with Gasteiger partial charge in [-0.2, -0.15) is 0 Å². The van der Waals surface area contributed by atoms with Crippen molar-refractivity contribution in [1.29, 1.82) is 0 Å². The number of carbonyl (C=O) groups is 1. The van der Waals surface area contributed by atoms with E-state index in [1.54, 1.807) is 0 Å². The Kier molecular flexibility index (Phi) is 3.76. The number of nitrogens with one attached hydrogen (secondary N) is 1. The fourth-order valence-electron chi connectivity index (χ4n) is 4.45. The van der Waals surface area contributed by atoms with Crippen LogP contribution in [-0.4, -0.2) is 37.6 Å². The van der Waals surface area contributed by atoms with Gasteiger partial charge in [-0.25, -0.2) is 0 Å². The number of carbonyl (C=O) groups excluding carboxylic acids is 1. The first kappa shape index (κ1) is 14.5. The highest BCUT2D eigenvalue weighted by Gasteiger charge is 2.48. The van der Waals surface area contributed by atoms with Crippen LogP contribution >= 0.6 is 0 Å². The summed E-state index contributed by atoms with van der Waals surface area (Å²) in [6.07, 6.45) is 3.81. The van der Waals surface area contributed by atoms with E-state index in [0.29, 0.717) is 17.6 Å². The lowest BCUT2D eigenvalue weighted by Gasteiger charge is -2.43. The van der Waals surface area contributed by atoms with Crippen LogP contribution in [0, 0.1) is 6.92 Å². The number of nitrogens with two attached hydrogens (primary N) is 1. The van der Waals surface area contributed by atoms with E-state index < -0.39 is 0 Å². The molecule has 114 valence electrons. The smallest absolute Gasteiger partial charge is 0.248 e. The maximum Gasteiger partial charge on any atom is 0.248 e. The number of likely N-dealkylation sites (tertiary alicyclic amines) is 1. The molecule has 21 heavy (non-hydrogen) atoms. The minimum Gasteiger partial charge on any atom is -0.366 e. The predicted octanol–water partition coefficient (Wildman–Crippen LogP) is 1.95. The molecule has 3 atom stereocenters. The molecule has 4 heteroatoms. The number of benzene rings is 1.